The van der Waals surface area contributed by atoms with Gasteiger partial charge in [0.25, 0.3) is 0 Å². The van der Waals surface area contributed by atoms with Gasteiger partial charge >= 0.3 is 5.97 Å². The molecule has 0 atom stereocenters. The Morgan fingerprint density at radius 2 is 2.27 bits per heavy atom. The Morgan fingerprint density at radius 1 is 1.53 bits per heavy atom. The number of nitrogens with zero attached hydrogens (tertiary/aromatic N) is 3. The molecule has 15 heavy (non-hydrogen) atoms. The summed E-state index contributed by atoms with van der Waals surface area (Å²) >= 11 is 0. The quantitative estimate of drug-likeness (QED) is 0.653. The molecular formula is C10H11N3O2. The van der Waals surface area contributed by atoms with Crippen LogP contribution in [0.1, 0.15) is 16.1 Å². The molecule has 5 heteroatoms. The maximum Gasteiger partial charge on any atom is 0.338 e. The minimum Gasteiger partial charge on any atom is -0.465 e. The topological polar surface area (TPSA) is 57.0 Å². The van der Waals surface area contributed by atoms with Crippen LogP contribution in [0.5, 0.6) is 0 Å². The van der Waals surface area contributed by atoms with Crippen molar-refractivity contribution in [3.8, 4) is 0 Å². The van der Waals surface area contributed by atoms with Gasteiger partial charge in [0.2, 0.25) is 0 Å². The molecule has 0 fully saturated rings. The second-order valence-corrected chi connectivity index (χ2v) is 3.26. The highest BCUT2D eigenvalue weighted by Crippen LogP contribution is 2.20. The zero-order valence-electron chi connectivity index (χ0n) is 8.81. The number of rotatable bonds is 1. The van der Waals surface area contributed by atoms with E-state index in [2.05, 4.69) is 10.1 Å². The van der Waals surface area contributed by atoms with Crippen LogP contribution in [0.4, 0.5) is 0 Å². The third-order valence-corrected chi connectivity index (χ3v) is 2.30. The minimum absolute atomic E-state index is 0.362. The Morgan fingerprint density at radius 3 is 2.93 bits per heavy atom. The van der Waals surface area contributed by atoms with E-state index in [-0.39, 0.29) is 5.97 Å². The molecule has 0 radical (unpaired) electrons. The fourth-order valence-corrected chi connectivity index (χ4v) is 1.66. The van der Waals surface area contributed by atoms with Gasteiger partial charge in [-0.05, 0) is 13.0 Å². The average molecular weight is 205 g/mol. The molecule has 0 aliphatic carbocycles. The van der Waals surface area contributed by atoms with Crippen LogP contribution in [0.2, 0.25) is 0 Å². The first kappa shape index (κ1) is 9.64. The molecule has 0 aliphatic rings. The van der Waals surface area contributed by atoms with E-state index in [1.807, 2.05) is 6.92 Å². The molecule has 0 amide bonds. The standard InChI is InChI=1S/C10H11N3O2/c1-6-8-7(10(14)15-3)4-5-11-9(8)13(2)12-6/h4-5H,1-3H3. The van der Waals surface area contributed by atoms with Crippen molar-refractivity contribution in [2.24, 2.45) is 7.05 Å². The highest BCUT2D eigenvalue weighted by atomic mass is 16.5. The Hall–Kier alpha value is -1.91. The molecule has 0 saturated heterocycles. The van der Waals surface area contributed by atoms with E-state index in [1.54, 1.807) is 24.0 Å². The lowest BCUT2D eigenvalue weighted by Crippen LogP contribution is -2.02. The maximum atomic E-state index is 11.5. The van der Waals surface area contributed by atoms with Gasteiger partial charge in [0.15, 0.2) is 5.65 Å². The summed E-state index contributed by atoms with van der Waals surface area (Å²) in [6.07, 6.45) is 1.58. The molecule has 2 rings (SSSR count). The summed E-state index contributed by atoms with van der Waals surface area (Å²) in [7, 11) is 3.16. The van der Waals surface area contributed by atoms with Gasteiger partial charge in [-0.2, -0.15) is 5.10 Å². The summed E-state index contributed by atoms with van der Waals surface area (Å²) in [4.78, 5) is 15.7. The number of aromatic nitrogens is 3. The van der Waals surface area contributed by atoms with E-state index in [9.17, 15) is 4.79 Å². The number of hydrogen-bond acceptors (Lipinski definition) is 4. The van der Waals surface area contributed by atoms with E-state index in [0.29, 0.717) is 11.2 Å². The summed E-state index contributed by atoms with van der Waals surface area (Å²) in [5.41, 5.74) is 1.98. The van der Waals surface area contributed by atoms with E-state index >= 15 is 0 Å². The summed E-state index contributed by atoms with van der Waals surface area (Å²) in [5.74, 6) is -0.362. The van der Waals surface area contributed by atoms with Gasteiger partial charge in [0, 0.05) is 13.2 Å². The third-order valence-electron chi connectivity index (χ3n) is 2.30. The first-order valence-corrected chi connectivity index (χ1v) is 4.51. The molecule has 2 heterocycles. The van der Waals surface area contributed by atoms with Crippen LogP contribution >= 0.6 is 0 Å². The summed E-state index contributed by atoms with van der Waals surface area (Å²) in [6, 6.07) is 1.64. The van der Waals surface area contributed by atoms with Crippen LogP contribution in [-0.4, -0.2) is 27.8 Å². The van der Waals surface area contributed by atoms with E-state index in [1.165, 1.54) is 7.11 Å². The largest absolute Gasteiger partial charge is 0.465 e. The van der Waals surface area contributed by atoms with Gasteiger partial charge in [-0.15, -0.1) is 0 Å². The summed E-state index contributed by atoms with van der Waals surface area (Å²) in [6.45, 7) is 1.84. The van der Waals surface area contributed by atoms with Crippen LogP contribution < -0.4 is 0 Å². The average Bonchev–Trinajstić information content (AvgIpc) is 2.54. The Bertz CT molecular complexity index is 531. The van der Waals surface area contributed by atoms with Gasteiger partial charge in [-0.1, -0.05) is 0 Å². The zero-order valence-corrected chi connectivity index (χ0v) is 8.81. The van der Waals surface area contributed by atoms with Crippen molar-refractivity contribution in [2.75, 3.05) is 7.11 Å². The van der Waals surface area contributed by atoms with Crippen LogP contribution in [0.25, 0.3) is 11.0 Å². The Kier molecular flexibility index (Phi) is 2.15. The molecular weight excluding hydrogens is 194 g/mol. The van der Waals surface area contributed by atoms with Crippen molar-refractivity contribution >= 4 is 17.0 Å². The van der Waals surface area contributed by atoms with Crippen molar-refractivity contribution in [3.63, 3.8) is 0 Å². The molecule has 0 saturated carbocycles. The van der Waals surface area contributed by atoms with Gasteiger partial charge in [0.05, 0.1) is 23.8 Å². The number of fused-ring (bicyclic) bond motifs is 1. The van der Waals surface area contributed by atoms with E-state index < -0.39 is 0 Å². The lowest BCUT2D eigenvalue weighted by Gasteiger charge is -2.00. The molecule has 78 valence electrons. The number of ether oxygens (including phenoxy) is 1. The van der Waals surface area contributed by atoms with Crippen LogP contribution in [0.3, 0.4) is 0 Å². The summed E-state index contributed by atoms with van der Waals surface area (Å²) < 4.78 is 6.35. The Balaban J connectivity index is 2.80. The number of aryl methyl sites for hydroxylation is 2. The monoisotopic (exact) mass is 205 g/mol. The fourth-order valence-electron chi connectivity index (χ4n) is 1.66. The molecule has 0 aliphatic heterocycles. The lowest BCUT2D eigenvalue weighted by atomic mass is 10.1. The number of hydrogen-bond donors (Lipinski definition) is 0. The maximum absolute atomic E-state index is 11.5. The number of carbonyl (C=O) groups is 1. The molecule has 0 unspecified atom stereocenters. The number of methoxy groups -OCH3 is 1. The SMILES string of the molecule is COC(=O)c1ccnc2c1c(C)nn2C. The van der Waals surface area contributed by atoms with Gasteiger partial charge in [-0.25, -0.2) is 9.78 Å². The molecule has 0 N–H and O–H groups in total. The second-order valence-electron chi connectivity index (χ2n) is 3.26. The first-order valence-electron chi connectivity index (χ1n) is 4.51. The normalized spacial score (nSPS) is 10.6. The van der Waals surface area contributed by atoms with Crippen LogP contribution in [0, 0.1) is 6.92 Å². The highest BCUT2D eigenvalue weighted by molar-refractivity contribution is 6.03. The van der Waals surface area contributed by atoms with Gasteiger partial charge in [-0.3, -0.25) is 4.68 Å². The summed E-state index contributed by atoms with van der Waals surface area (Å²) in [5, 5.41) is 4.97. The van der Waals surface area contributed by atoms with Crippen molar-refractivity contribution in [1.29, 1.82) is 0 Å². The molecule has 0 spiro atoms. The van der Waals surface area contributed by atoms with Crippen molar-refractivity contribution < 1.29 is 9.53 Å². The van der Waals surface area contributed by atoms with Gasteiger partial charge < -0.3 is 4.74 Å². The molecule has 5 nitrogen and oxygen atoms in total. The molecule has 2 aromatic heterocycles. The van der Waals surface area contributed by atoms with Crippen molar-refractivity contribution in [2.45, 2.75) is 6.92 Å². The van der Waals surface area contributed by atoms with Crippen molar-refractivity contribution in [3.05, 3.63) is 23.5 Å². The smallest absolute Gasteiger partial charge is 0.338 e. The van der Waals surface area contributed by atoms with Gasteiger partial charge in [0.1, 0.15) is 0 Å². The fraction of sp³-hybridized carbons (Fsp3) is 0.300. The van der Waals surface area contributed by atoms with E-state index in [4.69, 9.17) is 4.74 Å². The Labute approximate surface area is 86.7 Å². The molecule has 0 bridgehead atoms. The highest BCUT2D eigenvalue weighted by Gasteiger charge is 2.16. The molecule has 0 aromatic carbocycles. The predicted molar refractivity (Wildman–Crippen MR) is 54.6 cm³/mol. The van der Waals surface area contributed by atoms with Crippen molar-refractivity contribution in [1.82, 2.24) is 14.8 Å². The lowest BCUT2D eigenvalue weighted by molar-refractivity contribution is 0.0603. The zero-order chi connectivity index (χ0) is 11.0. The number of esters is 1. The predicted octanol–water partition coefficient (Wildman–Crippen LogP) is 1.06. The number of pyridine rings is 1. The second kappa shape index (κ2) is 3.34. The van der Waals surface area contributed by atoms with Crippen LogP contribution in [-0.2, 0) is 11.8 Å². The third kappa shape index (κ3) is 1.36. The number of carbonyl (C=O) groups excluding carboxylic acids is 1. The van der Waals surface area contributed by atoms with E-state index in [0.717, 1.165) is 11.1 Å². The van der Waals surface area contributed by atoms with Crippen LogP contribution in [0.15, 0.2) is 12.3 Å². The minimum atomic E-state index is -0.362. The molecule has 2 aromatic rings. The first-order chi connectivity index (χ1) is 7.15.